The monoisotopic (exact) mass is 379 g/mol. The SMILES string of the molecule is O=C(CNC(=O)OCc1ccccc1)N[C@H](Cn1nccn1)c1ccccc1. The fourth-order valence-electron chi connectivity index (χ4n) is 2.59. The number of amides is 2. The van der Waals surface area contributed by atoms with Crippen molar-refractivity contribution in [2.45, 2.75) is 19.2 Å². The van der Waals surface area contributed by atoms with Gasteiger partial charge in [-0.25, -0.2) is 4.79 Å². The van der Waals surface area contributed by atoms with Crippen molar-refractivity contribution in [2.75, 3.05) is 6.54 Å². The lowest BCUT2D eigenvalue weighted by molar-refractivity contribution is -0.121. The first-order valence-electron chi connectivity index (χ1n) is 8.83. The van der Waals surface area contributed by atoms with Crippen molar-refractivity contribution in [2.24, 2.45) is 0 Å². The molecule has 3 rings (SSSR count). The van der Waals surface area contributed by atoms with Crippen LogP contribution < -0.4 is 10.6 Å². The van der Waals surface area contributed by atoms with Crippen molar-refractivity contribution >= 4 is 12.0 Å². The molecule has 2 aromatic carbocycles. The summed E-state index contributed by atoms with van der Waals surface area (Å²) in [5.74, 6) is -0.335. The molecule has 0 spiro atoms. The second kappa shape index (κ2) is 9.86. The largest absolute Gasteiger partial charge is 0.445 e. The van der Waals surface area contributed by atoms with E-state index >= 15 is 0 Å². The summed E-state index contributed by atoms with van der Waals surface area (Å²) >= 11 is 0. The maximum Gasteiger partial charge on any atom is 0.407 e. The lowest BCUT2D eigenvalue weighted by atomic mass is 10.1. The van der Waals surface area contributed by atoms with Crippen LogP contribution in [-0.2, 0) is 22.7 Å². The van der Waals surface area contributed by atoms with Gasteiger partial charge in [0.05, 0.1) is 25.0 Å². The van der Waals surface area contributed by atoms with Crippen LogP contribution in [-0.4, -0.2) is 33.5 Å². The average molecular weight is 379 g/mol. The maximum absolute atomic E-state index is 12.3. The summed E-state index contributed by atoms with van der Waals surface area (Å²) in [6.45, 7) is 0.330. The second-order valence-corrected chi connectivity index (χ2v) is 6.03. The van der Waals surface area contributed by atoms with E-state index in [1.807, 2.05) is 60.7 Å². The van der Waals surface area contributed by atoms with Crippen molar-refractivity contribution < 1.29 is 14.3 Å². The molecular formula is C20H21N5O3. The molecule has 8 heteroatoms. The van der Waals surface area contributed by atoms with E-state index in [0.717, 1.165) is 11.1 Å². The Balaban J connectivity index is 1.49. The van der Waals surface area contributed by atoms with E-state index in [1.165, 1.54) is 4.80 Å². The average Bonchev–Trinajstić information content (AvgIpc) is 3.25. The third-order valence-corrected chi connectivity index (χ3v) is 3.96. The molecule has 0 saturated heterocycles. The van der Waals surface area contributed by atoms with Crippen LogP contribution in [0.5, 0.6) is 0 Å². The van der Waals surface area contributed by atoms with Crippen molar-refractivity contribution in [1.29, 1.82) is 0 Å². The first-order valence-corrected chi connectivity index (χ1v) is 8.83. The standard InChI is InChI=1S/C20H21N5O3/c26-19(13-21-20(27)28-15-16-7-3-1-4-8-16)24-18(14-25-22-11-12-23-25)17-9-5-2-6-10-17/h1-12,18H,13-15H2,(H,21,27)(H,24,26)/t18-/m1/s1. The Bertz CT molecular complexity index is 869. The molecule has 0 fully saturated rings. The number of nitrogens with one attached hydrogen (secondary N) is 2. The number of nitrogens with zero attached hydrogens (tertiary/aromatic N) is 3. The third kappa shape index (κ3) is 5.94. The number of carbonyl (C=O) groups is 2. The Kier molecular flexibility index (Phi) is 6.73. The molecule has 1 atom stereocenters. The molecule has 0 radical (unpaired) electrons. The minimum Gasteiger partial charge on any atom is -0.445 e. The number of hydrogen-bond donors (Lipinski definition) is 2. The Hall–Kier alpha value is -3.68. The zero-order valence-electron chi connectivity index (χ0n) is 15.2. The Labute approximate surface area is 162 Å². The molecule has 8 nitrogen and oxygen atoms in total. The molecule has 0 unspecified atom stereocenters. The Morgan fingerprint density at radius 3 is 2.29 bits per heavy atom. The van der Waals surface area contributed by atoms with Crippen molar-refractivity contribution in [1.82, 2.24) is 25.6 Å². The van der Waals surface area contributed by atoms with Crippen molar-refractivity contribution in [3.05, 3.63) is 84.2 Å². The van der Waals surface area contributed by atoms with Gasteiger partial charge in [-0.15, -0.1) is 0 Å². The van der Waals surface area contributed by atoms with Crippen molar-refractivity contribution in [3.63, 3.8) is 0 Å². The van der Waals surface area contributed by atoms with Crippen molar-refractivity contribution in [3.8, 4) is 0 Å². The molecular weight excluding hydrogens is 358 g/mol. The summed E-state index contributed by atoms with van der Waals surface area (Å²) < 4.78 is 5.10. The quantitative estimate of drug-likeness (QED) is 0.624. The van der Waals surface area contributed by atoms with Crippen LogP contribution in [0.2, 0.25) is 0 Å². The molecule has 28 heavy (non-hydrogen) atoms. The minimum absolute atomic E-state index is 0.145. The minimum atomic E-state index is -0.649. The number of aromatic nitrogens is 3. The molecule has 2 N–H and O–H groups in total. The van der Waals surface area contributed by atoms with Gasteiger partial charge in [0.2, 0.25) is 5.91 Å². The number of benzene rings is 2. The second-order valence-electron chi connectivity index (χ2n) is 6.03. The smallest absolute Gasteiger partial charge is 0.407 e. The van der Waals surface area contributed by atoms with Gasteiger partial charge in [0.15, 0.2) is 0 Å². The number of alkyl carbamates (subject to hydrolysis) is 1. The Morgan fingerprint density at radius 2 is 1.61 bits per heavy atom. The lowest BCUT2D eigenvalue weighted by Crippen LogP contribution is -2.40. The summed E-state index contributed by atoms with van der Waals surface area (Å²) in [6, 6.07) is 18.5. The molecule has 2 amide bonds. The topological polar surface area (TPSA) is 98.1 Å². The van der Waals surface area contributed by atoms with Gasteiger partial charge < -0.3 is 15.4 Å². The molecule has 1 aromatic heterocycles. The van der Waals surface area contributed by atoms with E-state index in [-0.39, 0.29) is 25.1 Å². The summed E-state index contributed by atoms with van der Waals surface area (Å²) in [7, 11) is 0. The van der Waals surface area contributed by atoms with Gasteiger partial charge in [-0.05, 0) is 11.1 Å². The lowest BCUT2D eigenvalue weighted by Gasteiger charge is -2.19. The van der Waals surface area contributed by atoms with Gasteiger partial charge in [0, 0.05) is 0 Å². The fourth-order valence-corrected chi connectivity index (χ4v) is 2.59. The highest BCUT2D eigenvalue weighted by molar-refractivity contribution is 5.82. The van der Waals surface area contributed by atoms with E-state index in [1.54, 1.807) is 12.4 Å². The van der Waals surface area contributed by atoms with Crippen LogP contribution in [0.1, 0.15) is 17.2 Å². The van der Waals surface area contributed by atoms with Gasteiger partial charge >= 0.3 is 6.09 Å². The van der Waals surface area contributed by atoms with E-state index in [9.17, 15) is 9.59 Å². The van der Waals surface area contributed by atoms with Crippen LogP contribution in [0.15, 0.2) is 73.1 Å². The fraction of sp³-hybridized carbons (Fsp3) is 0.200. The summed E-state index contributed by atoms with van der Waals surface area (Å²) in [5, 5.41) is 13.5. The summed E-state index contributed by atoms with van der Waals surface area (Å²) in [6.07, 6.45) is 2.51. The van der Waals surface area contributed by atoms with Crippen LogP contribution in [0.3, 0.4) is 0 Å². The van der Waals surface area contributed by atoms with Gasteiger partial charge in [-0.3, -0.25) is 4.79 Å². The first kappa shape index (κ1) is 19.1. The van der Waals surface area contributed by atoms with E-state index < -0.39 is 6.09 Å². The van der Waals surface area contributed by atoms with Crippen LogP contribution in [0.4, 0.5) is 4.79 Å². The zero-order valence-corrected chi connectivity index (χ0v) is 15.2. The number of carbonyl (C=O) groups excluding carboxylic acids is 2. The molecule has 0 aliphatic heterocycles. The highest BCUT2D eigenvalue weighted by Gasteiger charge is 2.16. The number of rotatable bonds is 8. The molecule has 144 valence electrons. The predicted octanol–water partition coefficient (Wildman–Crippen LogP) is 2.06. The molecule has 3 aromatic rings. The zero-order chi connectivity index (χ0) is 19.6. The first-order chi connectivity index (χ1) is 13.7. The Morgan fingerprint density at radius 1 is 0.964 bits per heavy atom. The van der Waals surface area contributed by atoms with Crippen LogP contribution in [0.25, 0.3) is 0 Å². The summed E-state index contributed by atoms with van der Waals surface area (Å²) in [5.41, 5.74) is 1.79. The summed E-state index contributed by atoms with van der Waals surface area (Å²) in [4.78, 5) is 25.6. The van der Waals surface area contributed by atoms with E-state index in [2.05, 4.69) is 20.8 Å². The van der Waals surface area contributed by atoms with Crippen LogP contribution in [0, 0.1) is 0 Å². The van der Waals surface area contributed by atoms with Gasteiger partial charge in [-0.2, -0.15) is 15.0 Å². The number of hydrogen-bond acceptors (Lipinski definition) is 5. The number of ether oxygens (including phenoxy) is 1. The highest BCUT2D eigenvalue weighted by Crippen LogP contribution is 2.14. The highest BCUT2D eigenvalue weighted by atomic mass is 16.5. The maximum atomic E-state index is 12.3. The predicted molar refractivity (Wildman–Crippen MR) is 102 cm³/mol. The molecule has 0 bridgehead atoms. The molecule has 0 saturated carbocycles. The van der Waals surface area contributed by atoms with Gasteiger partial charge in [0.1, 0.15) is 13.2 Å². The normalized spacial score (nSPS) is 11.4. The molecule has 0 aliphatic carbocycles. The third-order valence-electron chi connectivity index (χ3n) is 3.96. The van der Waals surface area contributed by atoms with E-state index in [0.29, 0.717) is 6.54 Å². The van der Waals surface area contributed by atoms with Gasteiger partial charge in [-0.1, -0.05) is 60.7 Å². The van der Waals surface area contributed by atoms with Crippen LogP contribution >= 0.6 is 0 Å². The van der Waals surface area contributed by atoms with E-state index in [4.69, 9.17) is 4.74 Å². The molecule has 0 aliphatic rings. The van der Waals surface area contributed by atoms with Gasteiger partial charge in [0.25, 0.3) is 0 Å². The molecule has 1 heterocycles.